The van der Waals surface area contributed by atoms with E-state index in [1.807, 2.05) is 0 Å². The highest BCUT2D eigenvalue weighted by Gasteiger charge is 2.33. The summed E-state index contributed by atoms with van der Waals surface area (Å²) in [5.74, 6) is 0.442. The Bertz CT molecular complexity index is 996. The second-order valence-electron chi connectivity index (χ2n) is 9.94. The summed E-state index contributed by atoms with van der Waals surface area (Å²) in [6, 6.07) is 10.6. The van der Waals surface area contributed by atoms with Crippen molar-refractivity contribution in [2.75, 3.05) is 13.1 Å². The number of benzene rings is 2. The predicted molar refractivity (Wildman–Crippen MR) is 125 cm³/mol. The molecule has 1 saturated heterocycles. The summed E-state index contributed by atoms with van der Waals surface area (Å²) >= 11 is 0. The molecule has 4 nitrogen and oxygen atoms in total. The third kappa shape index (κ3) is 5.81. The van der Waals surface area contributed by atoms with Gasteiger partial charge in [0.1, 0.15) is 12.0 Å². The van der Waals surface area contributed by atoms with Crippen LogP contribution in [-0.2, 0) is 24.3 Å². The Kier molecular flexibility index (Phi) is 7.33. The second kappa shape index (κ2) is 10.1. The van der Waals surface area contributed by atoms with Gasteiger partial charge in [0.25, 0.3) is 0 Å². The summed E-state index contributed by atoms with van der Waals surface area (Å²) < 4.78 is 41.2. The smallest absolute Gasteiger partial charge is 0.406 e. The molecule has 2 aromatic rings. The number of hydrogen-bond donors (Lipinski definition) is 0. The van der Waals surface area contributed by atoms with Crippen molar-refractivity contribution in [2.24, 2.45) is 5.92 Å². The number of carbonyl (C=O) groups excluding carboxylic acids is 1. The Morgan fingerprint density at radius 2 is 1.76 bits per heavy atom. The van der Waals surface area contributed by atoms with Crippen molar-refractivity contribution in [3.05, 3.63) is 64.2 Å². The fraction of sp³-hybridized carbons (Fsp3) is 0.519. The van der Waals surface area contributed by atoms with Gasteiger partial charge in [-0.05, 0) is 99.0 Å². The van der Waals surface area contributed by atoms with Crippen LogP contribution in [0.2, 0.25) is 0 Å². The van der Waals surface area contributed by atoms with Crippen LogP contribution in [0, 0.1) is 12.8 Å². The number of hydrogen-bond acceptors (Lipinski definition) is 4. The highest BCUT2D eigenvalue weighted by atomic mass is 19.4. The number of rotatable bonds is 7. The monoisotopic (exact) mass is 474 g/mol. The minimum atomic E-state index is -4.71. The fourth-order valence-corrected chi connectivity index (χ4v) is 5.47. The molecule has 1 unspecified atom stereocenters. The minimum Gasteiger partial charge on any atom is -0.406 e. The van der Waals surface area contributed by atoms with Gasteiger partial charge in [-0.25, -0.2) is 0 Å². The number of likely N-dealkylation sites (tertiary alicyclic amines) is 1. The molecule has 0 radical (unpaired) electrons. The average Bonchev–Trinajstić information content (AvgIpc) is 3.12. The van der Waals surface area contributed by atoms with Crippen molar-refractivity contribution in [1.29, 1.82) is 0 Å². The Morgan fingerprint density at radius 1 is 1.09 bits per heavy atom. The zero-order valence-corrected chi connectivity index (χ0v) is 20.1. The van der Waals surface area contributed by atoms with Crippen LogP contribution in [-0.4, -0.2) is 41.6 Å². The molecule has 2 aliphatic rings. The zero-order valence-electron chi connectivity index (χ0n) is 20.1. The molecular weight excluding hydrogens is 441 g/mol. The van der Waals surface area contributed by atoms with Gasteiger partial charge >= 0.3 is 6.36 Å². The van der Waals surface area contributed by atoms with Gasteiger partial charge in [0, 0.05) is 19.1 Å². The molecule has 2 aliphatic heterocycles. The highest BCUT2D eigenvalue weighted by Crippen LogP contribution is 2.37. The van der Waals surface area contributed by atoms with Crippen molar-refractivity contribution in [3.8, 4) is 5.75 Å². The minimum absolute atomic E-state index is 0.243. The highest BCUT2D eigenvalue weighted by molar-refractivity contribution is 5.66. The van der Waals surface area contributed by atoms with E-state index in [9.17, 15) is 18.0 Å². The first kappa shape index (κ1) is 24.7. The van der Waals surface area contributed by atoms with Gasteiger partial charge in [0.2, 0.25) is 0 Å². The van der Waals surface area contributed by atoms with Gasteiger partial charge < -0.3 is 14.4 Å². The Morgan fingerprint density at radius 3 is 2.35 bits per heavy atom. The van der Waals surface area contributed by atoms with E-state index in [-0.39, 0.29) is 11.8 Å². The van der Waals surface area contributed by atoms with E-state index in [1.165, 1.54) is 36.1 Å². The molecule has 0 bridgehead atoms. The van der Waals surface area contributed by atoms with Gasteiger partial charge in [-0.2, -0.15) is 0 Å². The molecule has 34 heavy (non-hydrogen) atoms. The summed E-state index contributed by atoms with van der Waals surface area (Å²) in [5.41, 5.74) is 5.57. The largest absolute Gasteiger partial charge is 0.573 e. The molecule has 4 rings (SSSR count). The van der Waals surface area contributed by atoms with Gasteiger partial charge in [-0.15, -0.1) is 13.2 Å². The summed E-state index contributed by atoms with van der Waals surface area (Å²) in [7, 11) is 0. The second-order valence-corrected chi connectivity index (χ2v) is 9.94. The lowest BCUT2D eigenvalue weighted by molar-refractivity contribution is -0.274. The van der Waals surface area contributed by atoms with Crippen LogP contribution in [0.4, 0.5) is 13.2 Å². The van der Waals surface area contributed by atoms with Gasteiger partial charge in [0.15, 0.2) is 0 Å². The van der Waals surface area contributed by atoms with Crippen LogP contribution in [0.15, 0.2) is 36.4 Å². The lowest BCUT2D eigenvalue weighted by Crippen LogP contribution is -2.38. The number of carbonyl (C=O) groups is 1. The summed E-state index contributed by atoms with van der Waals surface area (Å²) in [4.78, 5) is 16.6. The van der Waals surface area contributed by atoms with E-state index in [0.29, 0.717) is 25.0 Å². The van der Waals surface area contributed by atoms with Gasteiger partial charge in [-0.3, -0.25) is 4.90 Å². The molecule has 2 heterocycles. The Hall–Kier alpha value is -2.38. The third-order valence-corrected chi connectivity index (χ3v) is 7.17. The first-order valence-corrected chi connectivity index (χ1v) is 12.0. The number of ether oxygens (including phenoxy) is 1. The molecule has 1 fully saturated rings. The maximum atomic E-state index is 12.4. The molecule has 2 aromatic carbocycles. The first-order valence-electron chi connectivity index (χ1n) is 12.0. The standard InChI is InChI=1S/C27H33F3N2O2/c1-18(2)31-10-8-20(9-11-31)13-22-12-19(3)26-23(14-22)16-32(25(26)17-33)15-21-4-6-24(7-5-21)34-27(28,29)30/h4-7,12,14,17-18,20,25H,8-11,13,15-16H2,1-3H3. The molecule has 184 valence electrons. The van der Waals surface area contributed by atoms with E-state index in [4.69, 9.17) is 0 Å². The Labute approximate surface area is 199 Å². The molecule has 7 heteroatoms. The van der Waals surface area contributed by atoms with Gasteiger partial charge in [-0.1, -0.05) is 24.3 Å². The summed E-state index contributed by atoms with van der Waals surface area (Å²) in [5, 5.41) is 0. The number of piperidine rings is 1. The average molecular weight is 475 g/mol. The van der Waals surface area contributed by atoms with E-state index in [2.05, 4.69) is 47.4 Å². The Balaban J connectivity index is 1.43. The molecule has 0 amide bonds. The number of aldehydes is 1. The predicted octanol–water partition coefficient (Wildman–Crippen LogP) is 5.81. The normalized spacial score (nSPS) is 20.0. The number of fused-ring (bicyclic) bond motifs is 1. The quantitative estimate of drug-likeness (QED) is 0.474. The van der Waals surface area contributed by atoms with Crippen LogP contribution in [0.3, 0.4) is 0 Å². The van der Waals surface area contributed by atoms with Crippen LogP contribution >= 0.6 is 0 Å². The molecule has 0 aliphatic carbocycles. The van der Waals surface area contributed by atoms with E-state index in [0.717, 1.165) is 42.5 Å². The lowest BCUT2D eigenvalue weighted by Gasteiger charge is -2.34. The number of halogens is 3. The summed E-state index contributed by atoms with van der Waals surface area (Å²) in [6.45, 7) is 10.0. The van der Waals surface area contributed by atoms with Crippen molar-refractivity contribution < 1.29 is 22.7 Å². The zero-order chi connectivity index (χ0) is 24.5. The van der Waals surface area contributed by atoms with E-state index < -0.39 is 6.36 Å². The van der Waals surface area contributed by atoms with Crippen molar-refractivity contribution >= 4 is 6.29 Å². The maximum absolute atomic E-state index is 12.4. The molecule has 0 N–H and O–H groups in total. The van der Waals surface area contributed by atoms with E-state index >= 15 is 0 Å². The van der Waals surface area contributed by atoms with E-state index in [1.54, 1.807) is 12.1 Å². The number of aryl methyl sites for hydroxylation is 1. The van der Waals surface area contributed by atoms with Crippen molar-refractivity contribution in [3.63, 3.8) is 0 Å². The van der Waals surface area contributed by atoms with Crippen molar-refractivity contribution in [2.45, 2.75) is 71.6 Å². The fourth-order valence-electron chi connectivity index (χ4n) is 5.47. The molecule has 0 spiro atoms. The molecule has 0 aromatic heterocycles. The molecular formula is C27H33F3N2O2. The first-order chi connectivity index (χ1) is 16.1. The summed E-state index contributed by atoms with van der Waals surface area (Å²) in [6.07, 6.45) is -0.244. The number of alkyl halides is 3. The van der Waals surface area contributed by atoms with Crippen LogP contribution in [0.25, 0.3) is 0 Å². The number of nitrogens with zero attached hydrogens (tertiary/aromatic N) is 2. The van der Waals surface area contributed by atoms with Crippen molar-refractivity contribution in [1.82, 2.24) is 9.80 Å². The van der Waals surface area contributed by atoms with Gasteiger partial charge in [0.05, 0.1) is 6.04 Å². The third-order valence-electron chi connectivity index (χ3n) is 7.17. The topological polar surface area (TPSA) is 32.8 Å². The maximum Gasteiger partial charge on any atom is 0.573 e. The SMILES string of the molecule is Cc1cc(CC2CCN(C(C)C)CC2)cc2c1C(C=O)N(Cc1ccc(OC(F)(F)F)cc1)C2. The van der Waals surface area contributed by atoms with Crippen LogP contribution in [0.5, 0.6) is 5.75 Å². The molecule has 1 atom stereocenters. The van der Waals surface area contributed by atoms with Crippen LogP contribution in [0.1, 0.15) is 60.5 Å². The molecule has 0 saturated carbocycles. The lowest BCUT2D eigenvalue weighted by atomic mass is 9.87. The van der Waals surface area contributed by atoms with Crippen LogP contribution < -0.4 is 4.74 Å².